The van der Waals surface area contributed by atoms with Crippen molar-refractivity contribution in [2.45, 2.75) is 25.3 Å². The average Bonchev–Trinajstić information content (AvgIpc) is 3.20. The first-order valence-electron chi connectivity index (χ1n) is 6.43. The molecule has 0 aliphatic carbocycles. The lowest BCUT2D eigenvalue weighted by molar-refractivity contribution is 0.0940. The van der Waals surface area contributed by atoms with Crippen molar-refractivity contribution in [2.24, 2.45) is 0 Å². The van der Waals surface area contributed by atoms with Crippen LogP contribution in [0.25, 0.3) is 0 Å². The van der Waals surface area contributed by atoms with Crippen LogP contribution in [0.4, 0.5) is 0 Å². The molecule has 2 aromatic rings. The maximum Gasteiger partial charge on any atom is 0.292 e. The Hall–Kier alpha value is -2.29. The van der Waals surface area contributed by atoms with Crippen molar-refractivity contribution < 1.29 is 13.8 Å². The van der Waals surface area contributed by atoms with Gasteiger partial charge in [-0.25, -0.2) is 0 Å². The van der Waals surface area contributed by atoms with Gasteiger partial charge in [0.25, 0.3) is 11.7 Å². The molecule has 2 aromatic heterocycles. The third kappa shape index (κ3) is 2.82. The third-order valence-electron chi connectivity index (χ3n) is 3.04. The van der Waals surface area contributed by atoms with E-state index < -0.39 is 0 Å². The van der Waals surface area contributed by atoms with Crippen molar-refractivity contribution >= 4 is 5.91 Å². The maximum absolute atomic E-state index is 11.8. The molecule has 0 radical (unpaired) electrons. The summed E-state index contributed by atoms with van der Waals surface area (Å²) in [7, 11) is 0. The molecule has 3 heterocycles. The molecule has 1 saturated heterocycles. The molecule has 0 saturated carbocycles. The third-order valence-corrected chi connectivity index (χ3v) is 3.04. The van der Waals surface area contributed by atoms with E-state index in [4.69, 9.17) is 4.52 Å². The Morgan fingerprint density at radius 2 is 2.45 bits per heavy atom. The van der Waals surface area contributed by atoms with Gasteiger partial charge >= 0.3 is 0 Å². The lowest BCUT2D eigenvalue weighted by atomic mass is 10.2. The molecule has 20 heavy (non-hydrogen) atoms. The summed E-state index contributed by atoms with van der Waals surface area (Å²) >= 11 is 0. The topological polar surface area (TPSA) is 119 Å². The van der Waals surface area contributed by atoms with Gasteiger partial charge in [0, 0.05) is 13.0 Å². The monoisotopic (exact) mass is 278 g/mol. The molecule has 0 spiro atoms. The van der Waals surface area contributed by atoms with Crippen LogP contribution in [0.3, 0.4) is 0 Å². The zero-order chi connectivity index (χ0) is 13.8. The van der Waals surface area contributed by atoms with Crippen molar-refractivity contribution in [2.75, 3.05) is 13.1 Å². The Kier molecular flexibility index (Phi) is 3.68. The molecule has 3 rings (SSSR count). The van der Waals surface area contributed by atoms with Gasteiger partial charge in [-0.2, -0.15) is 9.97 Å². The summed E-state index contributed by atoms with van der Waals surface area (Å²) < 4.78 is 9.69. The minimum atomic E-state index is -0.374. The van der Waals surface area contributed by atoms with Gasteiger partial charge in [-0.1, -0.05) is 10.3 Å². The van der Waals surface area contributed by atoms with Gasteiger partial charge in [-0.3, -0.25) is 4.79 Å². The summed E-state index contributed by atoms with van der Waals surface area (Å²) in [5.41, 5.74) is 0. The Bertz CT molecular complexity index is 560. The molecule has 106 valence electrons. The number of aromatic nitrogens is 4. The number of nitrogens with one attached hydrogen (secondary N) is 2. The van der Waals surface area contributed by atoms with Gasteiger partial charge in [0.2, 0.25) is 12.3 Å². The first kappa shape index (κ1) is 12.7. The predicted molar refractivity (Wildman–Crippen MR) is 64.6 cm³/mol. The molecule has 1 fully saturated rings. The molecule has 0 aromatic carbocycles. The molecule has 1 amide bonds. The highest BCUT2D eigenvalue weighted by Crippen LogP contribution is 2.20. The van der Waals surface area contributed by atoms with Crippen molar-refractivity contribution in [3.63, 3.8) is 0 Å². The number of hydrogen-bond acceptors (Lipinski definition) is 8. The second-order valence-corrected chi connectivity index (χ2v) is 4.46. The van der Waals surface area contributed by atoms with Crippen LogP contribution in [0.2, 0.25) is 0 Å². The van der Waals surface area contributed by atoms with E-state index in [9.17, 15) is 4.79 Å². The first-order valence-corrected chi connectivity index (χ1v) is 6.43. The van der Waals surface area contributed by atoms with Crippen LogP contribution in [-0.4, -0.2) is 39.3 Å². The number of carbonyl (C=O) groups is 1. The summed E-state index contributed by atoms with van der Waals surface area (Å²) in [6.45, 7) is 1.31. The van der Waals surface area contributed by atoms with E-state index in [1.54, 1.807) is 0 Å². The van der Waals surface area contributed by atoms with Crippen LogP contribution >= 0.6 is 0 Å². The molecular formula is C11H14N6O3. The van der Waals surface area contributed by atoms with Crippen LogP contribution in [0.15, 0.2) is 15.4 Å². The van der Waals surface area contributed by atoms with Gasteiger partial charge < -0.3 is 19.7 Å². The van der Waals surface area contributed by atoms with Crippen molar-refractivity contribution in [1.29, 1.82) is 0 Å². The number of amides is 1. The second-order valence-electron chi connectivity index (χ2n) is 4.46. The fourth-order valence-electron chi connectivity index (χ4n) is 2.03. The highest BCUT2D eigenvalue weighted by Gasteiger charge is 2.24. The van der Waals surface area contributed by atoms with E-state index in [0.29, 0.717) is 24.7 Å². The van der Waals surface area contributed by atoms with Gasteiger partial charge in [0.05, 0.1) is 6.04 Å². The lowest BCUT2D eigenvalue weighted by Crippen LogP contribution is -2.27. The molecule has 1 aliphatic rings. The molecular weight excluding hydrogens is 264 g/mol. The summed E-state index contributed by atoms with van der Waals surface area (Å²) in [5, 5.41) is 13.2. The fraction of sp³-hybridized carbons (Fsp3) is 0.545. The highest BCUT2D eigenvalue weighted by atomic mass is 16.5. The van der Waals surface area contributed by atoms with E-state index in [1.807, 2.05) is 0 Å². The molecule has 0 bridgehead atoms. The van der Waals surface area contributed by atoms with E-state index in [1.165, 1.54) is 6.39 Å². The Morgan fingerprint density at radius 1 is 1.50 bits per heavy atom. The summed E-state index contributed by atoms with van der Waals surface area (Å²) in [6.07, 6.45) is 3.74. The molecule has 1 atom stereocenters. The quantitative estimate of drug-likeness (QED) is 0.775. The van der Waals surface area contributed by atoms with Gasteiger partial charge in [-0.05, 0) is 19.4 Å². The van der Waals surface area contributed by atoms with Crippen molar-refractivity contribution in [1.82, 2.24) is 30.9 Å². The minimum absolute atomic E-state index is 0.0433. The Balaban J connectivity index is 1.51. The van der Waals surface area contributed by atoms with Crippen LogP contribution in [-0.2, 0) is 6.42 Å². The summed E-state index contributed by atoms with van der Waals surface area (Å²) in [5.74, 6) is 0.670. The predicted octanol–water partition coefficient (Wildman–Crippen LogP) is -0.150. The van der Waals surface area contributed by atoms with E-state index in [2.05, 4.69) is 35.4 Å². The average molecular weight is 278 g/mol. The smallest absolute Gasteiger partial charge is 0.292 e. The summed E-state index contributed by atoms with van der Waals surface area (Å²) in [4.78, 5) is 19.8. The van der Waals surface area contributed by atoms with E-state index in [0.717, 1.165) is 19.4 Å². The summed E-state index contributed by atoms with van der Waals surface area (Å²) in [6, 6.07) is 0.0587. The second kappa shape index (κ2) is 5.78. The maximum atomic E-state index is 11.8. The van der Waals surface area contributed by atoms with Gasteiger partial charge in [-0.15, -0.1) is 0 Å². The number of rotatable bonds is 5. The standard InChI is InChI=1S/C11H14N6O3/c18-10(13-5-3-8-14-6-19-16-8)9-15-11(20-17-9)7-2-1-4-12-7/h6-7,12H,1-5H2,(H,13,18). The van der Waals surface area contributed by atoms with Crippen LogP contribution in [0, 0.1) is 0 Å². The molecule has 2 N–H and O–H groups in total. The van der Waals surface area contributed by atoms with Crippen LogP contribution < -0.4 is 10.6 Å². The Morgan fingerprint density at radius 3 is 3.20 bits per heavy atom. The van der Waals surface area contributed by atoms with Crippen molar-refractivity contribution in [3.05, 3.63) is 23.9 Å². The highest BCUT2D eigenvalue weighted by molar-refractivity contribution is 5.90. The van der Waals surface area contributed by atoms with Gasteiger partial charge in [0.1, 0.15) is 0 Å². The van der Waals surface area contributed by atoms with E-state index >= 15 is 0 Å². The van der Waals surface area contributed by atoms with Crippen molar-refractivity contribution in [3.8, 4) is 0 Å². The minimum Gasteiger partial charge on any atom is -0.349 e. The van der Waals surface area contributed by atoms with Crippen LogP contribution in [0.5, 0.6) is 0 Å². The SMILES string of the molecule is O=C(NCCc1ncon1)c1noc(C2CCCN2)n1. The Labute approximate surface area is 114 Å². The zero-order valence-electron chi connectivity index (χ0n) is 10.7. The molecule has 9 nitrogen and oxygen atoms in total. The molecule has 9 heteroatoms. The number of nitrogens with zero attached hydrogens (tertiary/aromatic N) is 4. The van der Waals surface area contributed by atoms with Gasteiger partial charge in [0.15, 0.2) is 5.82 Å². The molecule has 1 aliphatic heterocycles. The van der Waals surface area contributed by atoms with E-state index in [-0.39, 0.29) is 17.8 Å². The molecule has 1 unspecified atom stereocenters. The van der Waals surface area contributed by atoms with Crippen LogP contribution in [0.1, 0.15) is 41.2 Å². The number of hydrogen-bond donors (Lipinski definition) is 2. The normalized spacial score (nSPS) is 18.3. The lowest BCUT2D eigenvalue weighted by Gasteiger charge is -2.01. The fourth-order valence-corrected chi connectivity index (χ4v) is 2.03. The largest absolute Gasteiger partial charge is 0.349 e. The number of carbonyl (C=O) groups excluding carboxylic acids is 1. The zero-order valence-corrected chi connectivity index (χ0v) is 10.7. The first-order chi connectivity index (χ1) is 9.83.